The second-order valence-electron chi connectivity index (χ2n) is 4.50. The molecule has 3 nitrogen and oxygen atoms in total. The first kappa shape index (κ1) is 15.0. The normalized spacial score (nSPS) is 14.2. The summed E-state index contributed by atoms with van der Waals surface area (Å²) in [6, 6.07) is 8.07. The lowest BCUT2D eigenvalue weighted by Crippen LogP contribution is -2.23. The Balaban J connectivity index is 2.39. The van der Waals surface area contributed by atoms with Crippen molar-refractivity contribution in [3.05, 3.63) is 29.8 Å². The Kier molecular flexibility index (Phi) is 6.76. The van der Waals surface area contributed by atoms with Gasteiger partial charge in [-0.15, -0.1) is 0 Å². The highest BCUT2D eigenvalue weighted by molar-refractivity contribution is 5.29. The second-order valence-corrected chi connectivity index (χ2v) is 4.50. The van der Waals surface area contributed by atoms with E-state index in [1.54, 1.807) is 0 Å². The summed E-state index contributed by atoms with van der Waals surface area (Å²) >= 11 is 0. The first-order chi connectivity index (χ1) is 8.67. The molecule has 1 rings (SSSR count). The monoisotopic (exact) mass is 252 g/mol. The zero-order valence-corrected chi connectivity index (χ0v) is 11.6. The van der Waals surface area contributed by atoms with Gasteiger partial charge >= 0.3 is 0 Å². The smallest absolute Gasteiger partial charge is 0.119 e. The Morgan fingerprint density at radius 2 is 1.78 bits per heavy atom. The van der Waals surface area contributed by atoms with Crippen LogP contribution in [0.1, 0.15) is 38.7 Å². The summed E-state index contributed by atoms with van der Waals surface area (Å²) in [5, 5.41) is 9.57. The van der Waals surface area contributed by atoms with Crippen molar-refractivity contribution in [3.63, 3.8) is 0 Å². The molecule has 1 N–H and O–H groups in total. The van der Waals surface area contributed by atoms with Gasteiger partial charge in [0, 0.05) is 6.61 Å². The summed E-state index contributed by atoms with van der Waals surface area (Å²) in [5.41, 5.74) is 1.32. The fraction of sp³-hybridized carbons (Fsp3) is 0.600. The lowest BCUT2D eigenvalue weighted by molar-refractivity contribution is 0.0164. The molecule has 0 bridgehead atoms. The molecule has 18 heavy (non-hydrogen) atoms. The molecule has 0 aliphatic heterocycles. The van der Waals surface area contributed by atoms with Crippen LogP contribution < -0.4 is 4.74 Å². The SMILES string of the molecule is CCOCC(O)COc1ccc(C(C)CC)cc1. The van der Waals surface area contributed by atoms with Gasteiger partial charge in [0.15, 0.2) is 0 Å². The van der Waals surface area contributed by atoms with Gasteiger partial charge in [0.2, 0.25) is 0 Å². The third kappa shape index (κ3) is 5.07. The third-order valence-corrected chi connectivity index (χ3v) is 3.02. The molecular formula is C15H24O3. The van der Waals surface area contributed by atoms with Crippen molar-refractivity contribution in [1.82, 2.24) is 0 Å². The Morgan fingerprint density at radius 1 is 1.11 bits per heavy atom. The van der Waals surface area contributed by atoms with Crippen LogP contribution in [0, 0.1) is 0 Å². The maximum absolute atomic E-state index is 9.57. The van der Waals surface area contributed by atoms with Gasteiger partial charge in [-0.3, -0.25) is 0 Å². The Morgan fingerprint density at radius 3 is 2.33 bits per heavy atom. The maximum atomic E-state index is 9.57. The number of ether oxygens (including phenoxy) is 2. The summed E-state index contributed by atoms with van der Waals surface area (Å²) in [6.07, 6.45) is 0.562. The lowest BCUT2D eigenvalue weighted by Gasteiger charge is -2.13. The van der Waals surface area contributed by atoms with E-state index in [1.807, 2.05) is 19.1 Å². The molecule has 0 heterocycles. The maximum Gasteiger partial charge on any atom is 0.119 e. The minimum Gasteiger partial charge on any atom is -0.491 e. The van der Waals surface area contributed by atoms with E-state index in [9.17, 15) is 5.11 Å². The molecule has 0 fully saturated rings. The number of benzene rings is 1. The van der Waals surface area contributed by atoms with Crippen molar-refractivity contribution in [2.24, 2.45) is 0 Å². The van der Waals surface area contributed by atoms with Gasteiger partial charge in [0.1, 0.15) is 18.5 Å². The van der Waals surface area contributed by atoms with E-state index in [-0.39, 0.29) is 6.61 Å². The van der Waals surface area contributed by atoms with Gasteiger partial charge in [0.25, 0.3) is 0 Å². The summed E-state index contributed by atoms with van der Waals surface area (Å²) in [7, 11) is 0. The fourth-order valence-electron chi connectivity index (χ4n) is 1.62. The number of rotatable bonds is 8. The van der Waals surface area contributed by atoms with Crippen LogP contribution in [0.3, 0.4) is 0 Å². The third-order valence-electron chi connectivity index (χ3n) is 3.02. The second kappa shape index (κ2) is 8.11. The lowest BCUT2D eigenvalue weighted by atomic mass is 9.99. The van der Waals surface area contributed by atoms with E-state index >= 15 is 0 Å². The van der Waals surface area contributed by atoms with Crippen LogP contribution in [-0.4, -0.2) is 31.0 Å². The predicted octanol–water partition coefficient (Wildman–Crippen LogP) is 2.98. The molecule has 0 radical (unpaired) electrons. The molecule has 1 aromatic rings. The number of aliphatic hydroxyl groups excluding tert-OH is 1. The molecule has 102 valence electrons. The van der Waals surface area contributed by atoms with Crippen molar-refractivity contribution in [3.8, 4) is 5.75 Å². The van der Waals surface area contributed by atoms with E-state index in [0.29, 0.717) is 19.1 Å². The predicted molar refractivity (Wildman–Crippen MR) is 73.1 cm³/mol. The van der Waals surface area contributed by atoms with E-state index in [4.69, 9.17) is 9.47 Å². The van der Waals surface area contributed by atoms with Crippen molar-refractivity contribution in [2.75, 3.05) is 19.8 Å². The minimum atomic E-state index is -0.570. The molecule has 0 aliphatic carbocycles. The Labute approximate surface area is 110 Å². The molecular weight excluding hydrogens is 228 g/mol. The average Bonchev–Trinajstić information content (AvgIpc) is 2.42. The highest BCUT2D eigenvalue weighted by atomic mass is 16.5. The Hall–Kier alpha value is -1.06. The van der Waals surface area contributed by atoms with E-state index in [2.05, 4.69) is 26.0 Å². The summed E-state index contributed by atoms with van der Waals surface area (Å²) < 4.78 is 10.6. The van der Waals surface area contributed by atoms with Crippen LogP contribution in [0.25, 0.3) is 0 Å². The first-order valence-corrected chi connectivity index (χ1v) is 6.65. The van der Waals surface area contributed by atoms with Crippen LogP contribution in [0.4, 0.5) is 0 Å². The van der Waals surface area contributed by atoms with Gasteiger partial charge < -0.3 is 14.6 Å². The summed E-state index contributed by atoms with van der Waals surface area (Å²) in [6.45, 7) is 7.49. The zero-order valence-electron chi connectivity index (χ0n) is 11.6. The van der Waals surface area contributed by atoms with Crippen molar-refractivity contribution < 1.29 is 14.6 Å². The van der Waals surface area contributed by atoms with Crippen molar-refractivity contribution in [2.45, 2.75) is 39.2 Å². The highest BCUT2D eigenvalue weighted by Gasteiger charge is 2.06. The van der Waals surface area contributed by atoms with Gasteiger partial charge in [-0.1, -0.05) is 26.0 Å². The molecule has 1 aromatic carbocycles. The van der Waals surface area contributed by atoms with Crippen molar-refractivity contribution in [1.29, 1.82) is 0 Å². The molecule has 0 saturated heterocycles. The van der Waals surface area contributed by atoms with E-state index in [1.165, 1.54) is 5.56 Å². The van der Waals surface area contributed by atoms with Crippen LogP contribution in [0.2, 0.25) is 0 Å². The topological polar surface area (TPSA) is 38.7 Å². The quantitative estimate of drug-likeness (QED) is 0.773. The van der Waals surface area contributed by atoms with Crippen molar-refractivity contribution >= 4 is 0 Å². The average molecular weight is 252 g/mol. The minimum absolute atomic E-state index is 0.267. The Bertz CT molecular complexity index is 321. The molecule has 2 unspecified atom stereocenters. The van der Waals surface area contributed by atoms with Crippen LogP contribution in [0.15, 0.2) is 24.3 Å². The highest BCUT2D eigenvalue weighted by Crippen LogP contribution is 2.21. The largest absolute Gasteiger partial charge is 0.491 e. The molecule has 3 heteroatoms. The van der Waals surface area contributed by atoms with Gasteiger partial charge in [-0.05, 0) is 37.0 Å². The summed E-state index contributed by atoms with van der Waals surface area (Å²) in [5.74, 6) is 1.36. The van der Waals surface area contributed by atoms with Gasteiger partial charge in [0.05, 0.1) is 6.61 Å². The number of aliphatic hydroxyl groups is 1. The van der Waals surface area contributed by atoms with Crippen LogP contribution in [0.5, 0.6) is 5.75 Å². The fourth-order valence-corrected chi connectivity index (χ4v) is 1.62. The molecule has 0 spiro atoms. The van der Waals surface area contributed by atoms with Crippen LogP contribution in [-0.2, 0) is 4.74 Å². The summed E-state index contributed by atoms with van der Waals surface area (Å²) in [4.78, 5) is 0. The molecule has 0 saturated carbocycles. The molecule has 2 atom stereocenters. The van der Waals surface area contributed by atoms with Crippen LogP contribution >= 0.6 is 0 Å². The number of hydrogen-bond donors (Lipinski definition) is 1. The molecule has 0 amide bonds. The van der Waals surface area contributed by atoms with Gasteiger partial charge in [-0.25, -0.2) is 0 Å². The van der Waals surface area contributed by atoms with E-state index in [0.717, 1.165) is 12.2 Å². The van der Waals surface area contributed by atoms with E-state index < -0.39 is 6.10 Å². The standard InChI is InChI=1S/C15H24O3/c1-4-12(3)13-6-8-15(9-7-13)18-11-14(16)10-17-5-2/h6-9,12,14,16H,4-5,10-11H2,1-3H3. The molecule has 0 aromatic heterocycles. The molecule has 0 aliphatic rings. The number of hydrogen-bond acceptors (Lipinski definition) is 3. The zero-order chi connectivity index (χ0) is 13.4. The van der Waals surface area contributed by atoms with Gasteiger partial charge in [-0.2, -0.15) is 0 Å². The first-order valence-electron chi connectivity index (χ1n) is 6.65.